The molecule has 15 heavy (non-hydrogen) atoms. The van der Waals surface area contributed by atoms with E-state index in [0.717, 1.165) is 12.2 Å². The Labute approximate surface area is 91.1 Å². The summed E-state index contributed by atoms with van der Waals surface area (Å²) in [6.07, 6.45) is 0. The lowest BCUT2D eigenvalue weighted by atomic mass is 9.87. The molecule has 1 unspecified atom stereocenters. The highest BCUT2D eigenvalue weighted by Crippen LogP contribution is 2.30. The highest BCUT2D eigenvalue weighted by atomic mass is 15.3. The van der Waals surface area contributed by atoms with E-state index in [9.17, 15) is 0 Å². The maximum atomic E-state index is 8.73. The zero-order valence-electron chi connectivity index (χ0n) is 9.49. The van der Waals surface area contributed by atoms with Gasteiger partial charge in [0.15, 0.2) is 0 Å². The van der Waals surface area contributed by atoms with Crippen molar-refractivity contribution >= 4 is 5.69 Å². The zero-order valence-corrected chi connectivity index (χ0v) is 9.49. The first kappa shape index (κ1) is 10.0. The molecule has 0 spiro atoms. The van der Waals surface area contributed by atoms with Crippen LogP contribution < -0.4 is 4.90 Å². The van der Waals surface area contributed by atoms with E-state index in [1.807, 2.05) is 0 Å². The van der Waals surface area contributed by atoms with Crippen molar-refractivity contribution in [2.24, 2.45) is 0 Å². The first-order valence-corrected chi connectivity index (χ1v) is 5.29. The Morgan fingerprint density at radius 1 is 1.27 bits per heavy atom. The number of nitrogens with zero attached hydrogens (tertiary/aromatic N) is 2. The molecular formula is C13H16N2. The summed E-state index contributed by atoms with van der Waals surface area (Å²) in [7, 11) is 0. The topological polar surface area (TPSA) is 26.8 Å². The highest BCUT2D eigenvalue weighted by molar-refractivity contribution is 5.57. The van der Waals surface area contributed by atoms with Crippen LogP contribution in [0.4, 0.5) is 5.69 Å². The molecule has 1 aliphatic heterocycles. The average molecular weight is 200 g/mol. The molecule has 2 heteroatoms. The molecule has 2 nitrogen and oxygen atoms in total. The normalized spacial score (nSPS) is 19.9. The third kappa shape index (κ3) is 1.97. The minimum atomic E-state index is 0.102. The molecule has 1 aromatic carbocycles. The fourth-order valence-electron chi connectivity index (χ4n) is 1.69. The van der Waals surface area contributed by atoms with Crippen LogP contribution in [0, 0.1) is 11.3 Å². The average Bonchev–Trinajstić information content (AvgIpc) is 2.95. The van der Waals surface area contributed by atoms with Gasteiger partial charge in [-0.1, -0.05) is 32.9 Å². The molecule has 0 radical (unpaired) electrons. The summed E-state index contributed by atoms with van der Waals surface area (Å²) in [6, 6.07) is 10.9. The van der Waals surface area contributed by atoms with Gasteiger partial charge in [-0.2, -0.15) is 5.26 Å². The molecule has 0 saturated carbocycles. The largest absolute Gasteiger partial charge is 0.351 e. The van der Waals surface area contributed by atoms with Gasteiger partial charge in [0.25, 0.3) is 0 Å². The number of anilines is 1. The van der Waals surface area contributed by atoms with Crippen molar-refractivity contribution < 1.29 is 0 Å². The van der Waals surface area contributed by atoms with Crippen molar-refractivity contribution in [1.29, 1.82) is 5.26 Å². The molecule has 2 rings (SSSR count). The van der Waals surface area contributed by atoms with E-state index >= 15 is 0 Å². The van der Waals surface area contributed by atoms with Crippen LogP contribution in [0.3, 0.4) is 0 Å². The molecule has 0 amide bonds. The molecular weight excluding hydrogens is 184 g/mol. The molecule has 0 aromatic heterocycles. The van der Waals surface area contributed by atoms with Crippen LogP contribution in [0.2, 0.25) is 0 Å². The van der Waals surface area contributed by atoms with Gasteiger partial charge in [-0.15, -0.1) is 0 Å². The van der Waals surface area contributed by atoms with Gasteiger partial charge in [-0.3, -0.25) is 0 Å². The van der Waals surface area contributed by atoms with Crippen LogP contribution in [-0.4, -0.2) is 12.6 Å². The van der Waals surface area contributed by atoms with E-state index in [2.05, 4.69) is 56.0 Å². The molecule has 1 aromatic rings. The number of benzene rings is 1. The van der Waals surface area contributed by atoms with Crippen LogP contribution in [0.25, 0.3) is 0 Å². The Balaban J connectivity index is 2.16. The number of hydrogen-bond donors (Lipinski definition) is 0. The van der Waals surface area contributed by atoms with E-state index in [1.165, 1.54) is 5.56 Å². The van der Waals surface area contributed by atoms with Gasteiger partial charge in [0.05, 0.1) is 12.6 Å². The Morgan fingerprint density at radius 2 is 1.87 bits per heavy atom. The van der Waals surface area contributed by atoms with Gasteiger partial charge in [-0.05, 0) is 23.1 Å². The van der Waals surface area contributed by atoms with Crippen molar-refractivity contribution in [3.8, 4) is 6.07 Å². The van der Waals surface area contributed by atoms with Gasteiger partial charge >= 0.3 is 0 Å². The van der Waals surface area contributed by atoms with Crippen molar-refractivity contribution in [3.63, 3.8) is 0 Å². The molecule has 1 atom stereocenters. The molecule has 0 bridgehead atoms. The second-order valence-electron chi connectivity index (χ2n) is 5.09. The van der Waals surface area contributed by atoms with E-state index < -0.39 is 0 Å². The predicted octanol–water partition coefficient (Wildman–Crippen LogP) is 2.70. The van der Waals surface area contributed by atoms with Gasteiger partial charge in [-0.25, -0.2) is 0 Å². The Bertz CT molecular complexity index is 392. The summed E-state index contributed by atoms with van der Waals surface area (Å²) in [5.41, 5.74) is 2.70. The fourth-order valence-corrected chi connectivity index (χ4v) is 1.69. The standard InChI is InChI=1S/C13H16N2/c1-13(2,3)10-4-6-11(7-5-10)15-9-12(15)8-14/h4-7,12H,9H2,1-3H3. The summed E-state index contributed by atoms with van der Waals surface area (Å²) >= 11 is 0. The zero-order chi connectivity index (χ0) is 11.1. The van der Waals surface area contributed by atoms with Crippen LogP contribution in [0.1, 0.15) is 26.3 Å². The molecule has 0 aliphatic carbocycles. The summed E-state index contributed by atoms with van der Waals surface area (Å²) in [5.74, 6) is 0. The van der Waals surface area contributed by atoms with Crippen molar-refractivity contribution in [2.45, 2.75) is 32.2 Å². The van der Waals surface area contributed by atoms with Crippen LogP contribution in [0.5, 0.6) is 0 Å². The highest BCUT2D eigenvalue weighted by Gasteiger charge is 2.33. The minimum Gasteiger partial charge on any atom is -0.351 e. The van der Waals surface area contributed by atoms with E-state index in [-0.39, 0.29) is 11.5 Å². The summed E-state index contributed by atoms with van der Waals surface area (Å²) < 4.78 is 0. The van der Waals surface area contributed by atoms with Crippen molar-refractivity contribution in [1.82, 2.24) is 0 Å². The van der Waals surface area contributed by atoms with E-state index in [0.29, 0.717) is 0 Å². The van der Waals surface area contributed by atoms with Crippen molar-refractivity contribution in [2.75, 3.05) is 11.4 Å². The molecule has 0 N–H and O–H groups in total. The number of nitriles is 1. The first-order chi connectivity index (χ1) is 7.02. The first-order valence-electron chi connectivity index (χ1n) is 5.29. The third-order valence-corrected chi connectivity index (χ3v) is 2.83. The summed E-state index contributed by atoms with van der Waals surface area (Å²) in [4.78, 5) is 2.10. The van der Waals surface area contributed by atoms with Crippen LogP contribution in [-0.2, 0) is 5.41 Å². The minimum absolute atomic E-state index is 0.102. The number of rotatable bonds is 1. The quantitative estimate of drug-likeness (QED) is 0.652. The lowest BCUT2D eigenvalue weighted by molar-refractivity contribution is 0.590. The maximum absolute atomic E-state index is 8.73. The maximum Gasteiger partial charge on any atom is 0.134 e. The van der Waals surface area contributed by atoms with E-state index in [1.54, 1.807) is 0 Å². The smallest absolute Gasteiger partial charge is 0.134 e. The van der Waals surface area contributed by atoms with Gasteiger partial charge in [0.2, 0.25) is 0 Å². The van der Waals surface area contributed by atoms with Gasteiger partial charge < -0.3 is 4.90 Å². The second kappa shape index (κ2) is 3.27. The van der Waals surface area contributed by atoms with Crippen LogP contribution in [0.15, 0.2) is 24.3 Å². The third-order valence-electron chi connectivity index (χ3n) is 2.83. The summed E-state index contributed by atoms with van der Waals surface area (Å²) in [6.45, 7) is 7.50. The SMILES string of the molecule is CC(C)(C)c1ccc(N2CC2C#N)cc1. The number of hydrogen-bond acceptors (Lipinski definition) is 2. The summed E-state index contributed by atoms with van der Waals surface area (Å²) in [5, 5.41) is 8.73. The lowest BCUT2D eigenvalue weighted by Crippen LogP contribution is -2.10. The Kier molecular flexibility index (Phi) is 2.19. The molecule has 78 valence electrons. The predicted molar refractivity (Wildman–Crippen MR) is 61.9 cm³/mol. The van der Waals surface area contributed by atoms with Gasteiger partial charge in [0.1, 0.15) is 6.04 Å². The molecule has 1 fully saturated rings. The fraction of sp³-hybridized carbons (Fsp3) is 0.462. The molecule has 1 heterocycles. The second-order valence-corrected chi connectivity index (χ2v) is 5.09. The Morgan fingerprint density at radius 3 is 2.27 bits per heavy atom. The van der Waals surface area contributed by atoms with E-state index in [4.69, 9.17) is 5.26 Å². The van der Waals surface area contributed by atoms with Gasteiger partial charge in [0, 0.05) is 5.69 Å². The molecule has 1 aliphatic rings. The molecule has 1 saturated heterocycles. The van der Waals surface area contributed by atoms with Crippen molar-refractivity contribution in [3.05, 3.63) is 29.8 Å². The monoisotopic (exact) mass is 200 g/mol. The lowest BCUT2D eigenvalue weighted by Gasteiger charge is -2.19. The van der Waals surface area contributed by atoms with Crippen LogP contribution >= 0.6 is 0 Å². The Hall–Kier alpha value is -1.49.